The maximum absolute atomic E-state index is 5.56. The fourth-order valence-electron chi connectivity index (χ4n) is 2.79. The number of hydrogen-bond acceptors (Lipinski definition) is 4. The molecule has 0 saturated carbocycles. The maximum Gasteiger partial charge on any atom is 0.191 e. The van der Waals surface area contributed by atoms with E-state index in [0.29, 0.717) is 13.2 Å². The lowest BCUT2D eigenvalue weighted by Gasteiger charge is -2.30. The summed E-state index contributed by atoms with van der Waals surface area (Å²) in [5, 5.41) is 6.71. The summed E-state index contributed by atoms with van der Waals surface area (Å²) >= 11 is 0. The van der Waals surface area contributed by atoms with Crippen LogP contribution < -0.4 is 10.6 Å². The van der Waals surface area contributed by atoms with E-state index in [1.165, 1.54) is 25.9 Å². The van der Waals surface area contributed by atoms with Gasteiger partial charge in [0, 0.05) is 33.3 Å². The fraction of sp³-hybridized carbons (Fsp3) is 0.722. The number of rotatable bonds is 9. The molecule has 1 saturated heterocycles. The quantitative estimate of drug-likeness (QED) is 0.255. The van der Waals surface area contributed by atoms with E-state index in [-0.39, 0.29) is 24.0 Å². The van der Waals surface area contributed by atoms with Gasteiger partial charge in [-0.3, -0.25) is 4.99 Å². The number of nitrogens with one attached hydrogen (secondary N) is 2. The number of piperidine rings is 1. The number of guanidine groups is 1. The van der Waals surface area contributed by atoms with Gasteiger partial charge in [0.15, 0.2) is 5.96 Å². The van der Waals surface area contributed by atoms with Crippen LogP contribution in [0.5, 0.6) is 0 Å². The Morgan fingerprint density at radius 3 is 2.76 bits per heavy atom. The average Bonchev–Trinajstić information content (AvgIpc) is 3.11. The Morgan fingerprint density at radius 1 is 1.32 bits per heavy atom. The van der Waals surface area contributed by atoms with Gasteiger partial charge in [-0.25, -0.2) is 0 Å². The Hall–Kier alpha value is -0.800. The van der Waals surface area contributed by atoms with E-state index in [1.54, 1.807) is 6.26 Å². The molecule has 0 spiro atoms. The molecule has 1 aromatic heterocycles. The molecule has 144 valence electrons. The zero-order valence-electron chi connectivity index (χ0n) is 15.5. The van der Waals surface area contributed by atoms with Crippen molar-refractivity contribution in [2.24, 2.45) is 10.9 Å². The molecule has 25 heavy (non-hydrogen) atoms. The van der Waals surface area contributed by atoms with Crippen LogP contribution >= 0.6 is 24.0 Å². The van der Waals surface area contributed by atoms with Crippen molar-refractivity contribution in [3.63, 3.8) is 0 Å². The van der Waals surface area contributed by atoms with E-state index < -0.39 is 0 Å². The van der Waals surface area contributed by atoms with Gasteiger partial charge in [0.1, 0.15) is 12.4 Å². The second-order valence-corrected chi connectivity index (χ2v) is 6.44. The first-order valence-corrected chi connectivity index (χ1v) is 9.05. The first kappa shape index (κ1) is 22.2. The van der Waals surface area contributed by atoms with Crippen LogP contribution in [0.4, 0.5) is 0 Å². The highest BCUT2D eigenvalue weighted by Crippen LogP contribution is 2.14. The van der Waals surface area contributed by atoms with Gasteiger partial charge in [-0.2, -0.15) is 0 Å². The SMILES string of the molecule is CN=C(NCCCOCc1ccco1)NCCN1CCC(C)CC1.I. The van der Waals surface area contributed by atoms with E-state index in [9.17, 15) is 0 Å². The number of likely N-dealkylation sites (tertiary alicyclic amines) is 1. The molecule has 2 rings (SSSR count). The first-order chi connectivity index (χ1) is 11.8. The van der Waals surface area contributed by atoms with Crippen molar-refractivity contribution in [2.45, 2.75) is 32.8 Å². The number of furan rings is 1. The van der Waals surface area contributed by atoms with Crippen molar-refractivity contribution in [2.75, 3.05) is 46.4 Å². The van der Waals surface area contributed by atoms with Gasteiger partial charge in [0.05, 0.1) is 6.26 Å². The summed E-state index contributed by atoms with van der Waals surface area (Å²) in [6.45, 7) is 8.90. The Kier molecular flexibility index (Phi) is 11.9. The maximum atomic E-state index is 5.56. The summed E-state index contributed by atoms with van der Waals surface area (Å²) < 4.78 is 10.8. The molecule has 0 radical (unpaired) electrons. The number of ether oxygens (including phenoxy) is 1. The molecule has 2 N–H and O–H groups in total. The Balaban J connectivity index is 0.00000312. The van der Waals surface area contributed by atoms with Gasteiger partial charge in [-0.15, -0.1) is 24.0 Å². The molecular formula is C18H33IN4O2. The Morgan fingerprint density at radius 2 is 2.08 bits per heavy atom. The van der Waals surface area contributed by atoms with Gasteiger partial charge in [0.2, 0.25) is 0 Å². The van der Waals surface area contributed by atoms with Crippen molar-refractivity contribution in [1.82, 2.24) is 15.5 Å². The summed E-state index contributed by atoms with van der Waals surface area (Å²) in [4.78, 5) is 6.79. The lowest BCUT2D eigenvalue weighted by atomic mass is 9.99. The molecule has 2 heterocycles. The van der Waals surface area contributed by atoms with Gasteiger partial charge in [0.25, 0.3) is 0 Å². The first-order valence-electron chi connectivity index (χ1n) is 9.05. The topological polar surface area (TPSA) is 62.0 Å². The monoisotopic (exact) mass is 464 g/mol. The van der Waals surface area contributed by atoms with Crippen molar-refractivity contribution in [3.8, 4) is 0 Å². The van der Waals surface area contributed by atoms with Crippen LogP contribution in [0.3, 0.4) is 0 Å². The van der Waals surface area contributed by atoms with Crippen LogP contribution in [-0.4, -0.2) is 57.2 Å². The number of halogens is 1. The number of aliphatic imine (C=N–C) groups is 1. The molecule has 1 aliphatic rings. The number of hydrogen-bond donors (Lipinski definition) is 2. The minimum atomic E-state index is 0. The summed E-state index contributed by atoms with van der Waals surface area (Å²) in [7, 11) is 1.81. The van der Waals surface area contributed by atoms with Gasteiger partial charge in [-0.05, 0) is 50.4 Å². The van der Waals surface area contributed by atoms with Crippen LogP contribution in [0.25, 0.3) is 0 Å². The van der Waals surface area contributed by atoms with E-state index in [4.69, 9.17) is 9.15 Å². The predicted molar refractivity (Wildman–Crippen MR) is 113 cm³/mol. The molecule has 0 atom stereocenters. The fourth-order valence-corrected chi connectivity index (χ4v) is 2.79. The van der Waals surface area contributed by atoms with E-state index in [1.807, 2.05) is 19.2 Å². The Bertz CT molecular complexity index is 460. The van der Waals surface area contributed by atoms with Crippen molar-refractivity contribution < 1.29 is 9.15 Å². The molecule has 0 amide bonds. The van der Waals surface area contributed by atoms with Gasteiger partial charge < -0.3 is 24.7 Å². The summed E-state index contributed by atoms with van der Waals surface area (Å²) in [6.07, 6.45) is 5.25. The van der Waals surface area contributed by atoms with E-state index in [2.05, 4.69) is 27.4 Å². The van der Waals surface area contributed by atoms with Gasteiger partial charge >= 0.3 is 0 Å². The molecule has 0 unspecified atom stereocenters. The second kappa shape index (κ2) is 13.4. The third-order valence-electron chi connectivity index (χ3n) is 4.40. The molecule has 0 aliphatic carbocycles. The van der Waals surface area contributed by atoms with Crippen LogP contribution in [-0.2, 0) is 11.3 Å². The highest BCUT2D eigenvalue weighted by molar-refractivity contribution is 14.0. The number of nitrogens with zero attached hydrogens (tertiary/aromatic N) is 2. The third-order valence-corrected chi connectivity index (χ3v) is 4.40. The minimum absolute atomic E-state index is 0. The van der Waals surface area contributed by atoms with Crippen LogP contribution in [0.1, 0.15) is 31.9 Å². The van der Waals surface area contributed by atoms with Crippen LogP contribution in [0.15, 0.2) is 27.8 Å². The van der Waals surface area contributed by atoms with Crippen molar-refractivity contribution >= 4 is 29.9 Å². The highest BCUT2D eigenvalue weighted by Gasteiger charge is 2.14. The normalized spacial score (nSPS) is 16.5. The second-order valence-electron chi connectivity index (χ2n) is 6.44. The van der Waals surface area contributed by atoms with Gasteiger partial charge in [-0.1, -0.05) is 6.92 Å². The third kappa shape index (κ3) is 9.46. The summed E-state index contributed by atoms with van der Waals surface area (Å²) in [5.41, 5.74) is 0. The van der Waals surface area contributed by atoms with E-state index in [0.717, 1.165) is 43.7 Å². The largest absolute Gasteiger partial charge is 0.467 e. The van der Waals surface area contributed by atoms with E-state index >= 15 is 0 Å². The molecule has 1 fully saturated rings. The summed E-state index contributed by atoms with van der Waals surface area (Å²) in [6, 6.07) is 3.80. The zero-order chi connectivity index (χ0) is 17.0. The molecule has 7 heteroatoms. The average molecular weight is 464 g/mol. The molecule has 0 aromatic carbocycles. The summed E-state index contributed by atoms with van der Waals surface area (Å²) in [5.74, 6) is 2.62. The Labute approximate surface area is 168 Å². The lowest BCUT2D eigenvalue weighted by molar-refractivity contribution is 0.105. The molecule has 1 aromatic rings. The van der Waals surface area contributed by atoms with Crippen molar-refractivity contribution in [1.29, 1.82) is 0 Å². The standard InChI is InChI=1S/C18H32N4O2.HI/c1-16-6-10-22(11-7-16)12-9-21-18(19-2)20-8-4-13-23-15-17-5-3-14-24-17;/h3,5,14,16H,4,6-13,15H2,1-2H3,(H2,19,20,21);1H. The molecule has 0 bridgehead atoms. The zero-order valence-corrected chi connectivity index (χ0v) is 17.8. The van der Waals surface area contributed by atoms with Crippen LogP contribution in [0.2, 0.25) is 0 Å². The molecular weight excluding hydrogens is 431 g/mol. The molecule has 6 nitrogen and oxygen atoms in total. The highest BCUT2D eigenvalue weighted by atomic mass is 127. The predicted octanol–water partition coefficient (Wildman–Crippen LogP) is 2.70. The van der Waals surface area contributed by atoms with Crippen molar-refractivity contribution in [3.05, 3.63) is 24.2 Å². The smallest absolute Gasteiger partial charge is 0.191 e. The lowest BCUT2D eigenvalue weighted by Crippen LogP contribution is -2.43. The molecule has 1 aliphatic heterocycles. The minimum Gasteiger partial charge on any atom is -0.467 e. The van der Waals surface area contributed by atoms with Crippen LogP contribution in [0, 0.1) is 5.92 Å².